The highest BCUT2D eigenvalue weighted by Gasteiger charge is 2.25. The number of nitrogens with zero attached hydrogens (tertiary/aromatic N) is 5. The van der Waals surface area contributed by atoms with E-state index in [1.54, 1.807) is 22.9 Å². The third-order valence-corrected chi connectivity index (χ3v) is 6.80. The first-order valence-corrected chi connectivity index (χ1v) is 11.7. The SMILES string of the molecule is Cc1c(Cl)cccc1N=C1NC(=O)/C(=C/c2ccc(Sc3nnnn3-c3ccccc3)o2)S1. The summed E-state index contributed by atoms with van der Waals surface area (Å²) in [5, 5.41) is 16.9. The molecule has 1 fully saturated rings. The zero-order valence-electron chi connectivity index (χ0n) is 17.1. The standard InChI is InChI=1S/C22H15ClN6O2S2/c1-13-16(23)8-5-9-17(13)24-21-25-20(30)18(32-21)12-15-10-11-19(31-15)33-22-26-27-28-29(22)14-6-3-2-4-7-14/h2-12H,1H3,(H,24,25,30)/b18-12-. The summed E-state index contributed by atoms with van der Waals surface area (Å²) in [6, 6.07) is 18.7. The van der Waals surface area contributed by atoms with Crippen LogP contribution < -0.4 is 5.32 Å². The summed E-state index contributed by atoms with van der Waals surface area (Å²) in [5.41, 5.74) is 2.41. The Morgan fingerprint density at radius 3 is 2.85 bits per heavy atom. The van der Waals surface area contributed by atoms with Crippen molar-refractivity contribution in [2.45, 2.75) is 17.2 Å². The maximum atomic E-state index is 12.4. The molecule has 164 valence electrons. The highest BCUT2D eigenvalue weighted by molar-refractivity contribution is 8.18. The van der Waals surface area contributed by atoms with Gasteiger partial charge in [0.1, 0.15) is 5.76 Å². The molecule has 0 atom stereocenters. The fourth-order valence-electron chi connectivity index (χ4n) is 2.97. The number of thioether (sulfide) groups is 1. The number of carbonyl (C=O) groups is 1. The number of tetrazole rings is 1. The maximum absolute atomic E-state index is 12.4. The molecule has 1 N–H and O–H groups in total. The van der Waals surface area contributed by atoms with Crippen molar-refractivity contribution in [3.8, 4) is 5.69 Å². The van der Waals surface area contributed by atoms with Crippen molar-refractivity contribution in [3.63, 3.8) is 0 Å². The van der Waals surface area contributed by atoms with E-state index in [1.807, 2.05) is 55.5 Å². The zero-order chi connectivity index (χ0) is 22.8. The molecule has 8 nitrogen and oxygen atoms in total. The maximum Gasteiger partial charge on any atom is 0.264 e. The van der Waals surface area contributed by atoms with Crippen LogP contribution >= 0.6 is 35.1 Å². The summed E-state index contributed by atoms with van der Waals surface area (Å²) in [5.74, 6) is 0.297. The summed E-state index contributed by atoms with van der Waals surface area (Å²) in [6.07, 6.45) is 1.68. The summed E-state index contributed by atoms with van der Waals surface area (Å²) >= 11 is 8.69. The van der Waals surface area contributed by atoms with Gasteiger partial charge in [-0.05, 0) is 82.8 Å². The molecule has 5 rings (SSSR count). The largest absolute Gasteiger partial charge is 0.450 e. The first kappa shape index (κ1) is 21.5. The van der Waals surface area contributed by atoms with E-state index in [4.69, 9.17) is 16.0 Å². The predicted octanol–water partition coefficient (Wildman–Crippen LogP) is 5.26. The van der Waals surface area contributed by atoms with E-state index in [9.17, 15) is 4.79 Å². The van der Waals surface area contributed by atoms with E-state index in [2.05, 4.69) is 25.8 Å². The number of rotatable bonds is 5. The van der Waals surface area contributed by atoms with Gasteiger partial charge in [-0.2, -0.15) is 4.68 Å². The Hall–Kier alpha value is -3.34. The van der Waals surface area contributed by atoms with Crippen molar-refractivity contribution in [2.24, 2.45) is 4.99 Å². The molecule has 0 radical (unpaired) electrons. The molecule has 1 aliphatic rings. The zero-order valence-corrected chi connectivity index (χ0v) is 19.5. The van der Waals surface area contributed by atoms with Gasteiger partial charge in [-0.15, -0.1) is 5.10 Å². The molecule has 2 aromatic heterocycles. The molecule has 0 aliphatic carbocycles. The Morgan fingerprint density at radius 2 is 2.00 bits per heavy atom. The number of hydrogen-bond donors (Lipinski definition) is 1. The van der Waals surface area contributed by atoms with E-state index in [-0.39, 0.29) is 5.91 Å². The van der Waals surface area contributed by atoms with E-state index in [0.29, 0.717) is 36.8 Å². The lowest BCUT2D eigenvalue weighted by molar-refractivity contribution is -0.115. The molecule has 2 aromatic carbocycles. The van der Waals surface area contributed by atoms with Crippen LogP contribution in [0.5, 0.6) is 0 Å². The van der Waals surface area contributed by atoms with Crippen LogP contribution in [-0.2, 0) is 4.79 Å². The summed E-state index contributed by atoms with van der Waals surface area (Å²) in [4.78, 5) is 17.4. The number of nitrogens with one attached hydrogen (secondary N) is 1. The van der Waals surface area contributed by atoms with Crippen molar-refractivity contribution < 1.29 is 9.21 Å². The molecular formula is C22H15ClN6O2S2. The third kappa shape index (κ3) is 4.72. The van der Waals surface area contributed by atoms with Crippen molar-refractivity contribution in [2.75, 3.05) is 0 Å². The van der Waals surface area contributed by atoms with Gasteiger partial charge in [0, 0.05) is 11.1 Å². The second kappa shape index (κ2) is 9.26. The minimum Gasteiger partial charge on any atom is -0.450 e. The second-order valence-electron chi connectivity index (χ2n) is 6.83. The second-order valence-corrected chi connectivity index (χ2v) is 9.24. The molecule has 1 aliphatic heterocycles. The lowest BCUT2D eigenvalue weighted by Gasteiger charge is -2.02. The molecule has 1 amide bonds. The van der Waals surface area contributed by atoms with Crippen molar-refractivity contribution in [1.82, 2.24) is 25.5 Å². The van der Waals surface area contributed by atoms with Gasteiger partial charge in [-0.3, -0.25) is 4.79 Å². The predicted molar refractivity (Wildman–Crippen MR) is 129 cm³/mol. The van der Waals surface area contributed by atoms with Crippen LogP contribution in [0.3, 0.4) is 0 Å². The molecule has 0 spiro atoms. The number of carbonyl (C=O) groups excluding carboxylic acids is 1. The fourth-order valence-corrected chi connectivity index (χ4v) is 4.71. The minimum atomic E-state index is -0.239. The Morgan fingerprint density at radius 1 is 1.15 bits per heavy atom. The molecule has 0 saturated carbocycles. The number of para-hydroxylation sites is 1. The average molecular weight is 495 g/mol. The van der Waals surface area contributed by atoms with Gasteiger partial charge in [0.2, 0.25) is 5.16 Å². The van der Waals surface area contributed by atoms with Crippen molar-refractivity contribution >= 4 is 58.0 Å². The van der Waals surface area contributed by atoms with E-state index >= 15 is 0 Å². The smallest absolute Gasteiger partial charge is 0.264 e. The van der Waals surface area contributed by atoms with Gasteiger partial charge in [0.15, 0.2) is 10.3 Å². The van der Waals surface area contributed by atoms with E-state index < -0.39 is 0 Å². The average Bonchev–Trinajstić information content (AvgIpc) is 3.54. The number of benzene rings is 2. The van der Waals surface area contributed by atoms with Gasteiger partial charge < -0.3 is 9.73 Å². The lowest BCUT2D eigenvalue weighted by Crippen LogP contribution is -2.19. The van der Waals surface area contributed by atoms with Gasteiger partial charge in [0.05, 0.1) is 16.3 Å². The van der Waals surface area contributed by atoms with E-state index in [1.165, 1.54) is 23.5 Å². The highest BCUT2D eigenvalue weighted by Crippen LogP contribution is 2.33. The number of halogens is 1. The van der Waals surface area contributed by atoms with Crippen LogP contribution in [0.15, 0.2) is 85.2 Å². The van der Waals surface area contributed by atoms with E-state index in [0.717, 1.165) is 11.3 Å². The monoisotopic (exact) mass is 494 g/mol. The van der Waals surface area contributed by atoms with Gasteiger partial charge in [-0.1, -0.05) is 35.9 Å². The number of aromatic nitrogens is 4. The Balaban J connectivity index is 1.32. The molecule has 4 aromatic rings. The molecule has 0 unspecified atom stereocenters. The highest BCUT2D eigenvalue weighted by atomic mass is 35.5. The first-order valence-electron chi connectivity index (χ1n) is 9.73. The molecule has 1 saturated heterocycles. The molecular weight excluding hydrogens is 480 g/mol. The molecule has 0 bridgehead atoms. The lowest BCUT2D eigenvalue weighted by atomic mass is 10.2. The first-order chi connectivity index (χ1) is 16.1. The van der Waals surface area contributed by atoms with Gasteiger partial charge in [-0.25, -0.2) is 4.99 Å². The van der Waals surface area contributed by atoms with Crippen LogP contribution in [0.25, 0.3) is 11.8 Å². The number of amidine groups is 1. The van der Waals surface area contributed by atoms with Gasteiger partial charge in [0.25, 0.3) is 5.91 Å². The minimum absolute atomic E-state index is 0.239. The van der Waals surface area contributed by atoms with Crippen LogP contribution in [-0.4, -0.2) is 31.3 Å². The Bertz CT molecular complexity index is 1400. The van der Waals surface area contributed by atoms with Crippen LogP contribution in [0.2, 0.25) is 5.02 Å². The van der Waals surface area contributed by atoms with Crippen LogP contribution in [0, 0.1) is 6.92 Å². The normalized spacial score (nSPS) is 16.0. The van der Waals surface area contributed by atoms with Gasteiger partial charge >= 0.3 is 0 Å². The number of furan rings is 1. The quantitative estimate of drug-likeness (QED) is 0.378. The number of aliphatic imine (C=N–C) groups is 1. The molecule has 11 heteroatoms. The third-order valence-electron chi connectivity index (χ3n) is 4.62. The molecule has 33 heavy (non-hydrogen) atoms. The summed E-state index contributed by atoms with van der Waals surface area (Å²) in [6.45, 7) is 1.89. The van der Waals surface area contributed by atoms with Crippen LogP contribution in [0.1, 0.15) is 11.3 Å². The molecule has 3 heterocycles. The Kier molecular flexibility index (Phi) is 6.03. The number of hydrogen-bond acceptors (Lipinski definition) is 8. The fraction of sp³-hybridized carbons (Fsp3) is 0.0455. The summed E-state index contributed by atoms with van der Waals surface area (Å²) < 4.78 is 7.50. The van der Waals surface area contributed by atoms with Crippen molar-refractivity contribution in [3.05, 3.63) is 81.9 Å². The van der Waals surface area contributed by atoms with Crippen molar-refractivity contribution in [1.29, 1.82) is 0 Å². The Labute approximate surface area is 202 Å². The number of amides is 1. The summed E-state index contributed by atoms with van der Waals surface area (Å²) in [7, 11) is 0. The van der Waals surface area contributed by atoms with Crippen LogP contribution in [0.4, 0.5) is 5.69 Å². The topological polar surface area (TPSA) is 98.2 Å².